The van der Waals surface area contributed by atoms with Crippen molar-refractivity contribution in [2.24, 2.45) is 0 Å². The zero-order valence-electron chi connectivity index (χ0n) is 17.9. The molecule has 0 radical (unpaired) electrons. The molecule has 0 aliphatic heterocycles. The summed E-state index contributed by atoms with van der Waals surface area (Å²) in [6, 6.07) is 21.1. The second-order valence-electron chi connectivity index (χ2n) is 7.31. The van der Waals surface area contributed by atoms with Crippen LogP contribution in [0.1, 0.15) is 32.2 Å². The second-order valence-corrected chi connectivity index (χ2v) is 8.54. The molecule has 0 spiro atoms. The van der Waals surface area contributed by atoms with Crippen LogP contribution < -0.4 is 10.6 Å². The standard InChI is InChI=1S/C25H21N5OS/c1-15-16(2)32-25(21(15)14-26)30-24(31)19-10-7-11-20(12-19)29-23-13-22(27-17(3)28-23)18-8-5-4-6-9-18/h4-13H,1-3H3,(H,30,31)(H,27,28,29). The Labute approximate surface area is 190 Å². The molecule has 0 unspecified atom stereocenters. The molecular weight excluding hydrogens is 418 g/mol. The maximum absolute atomic E-state index is 12.8. The molecule has 2 aromatic carbocycles. The molecule has 2 heterocycles. The van der Waals surface area contributed by atoms with Gasteiger partial charge in [0.05, 0.1) is 11.3 Å². The molecule has 0 saturated heterocycles. The minimum atomic E-state index is -0.268. The van der Waals surface area contributed by atoms with Crippen LogP contribution >= 0.6 is 11.3 Å². The molecule has 7 heteroatoms. The Kier molecular flexibility index (Phi) is 5.97. The predicted octanol–water partition coefficient (Wildman–Crippen LogP) is 6.00. The average molecular weight is 440 g/mol. The first-order chi connectivity index (χ1) is 15.4. The summed E-state index contributed by atoms with van der Waals surface area (Å²) in [6.45, 7) is 5.67. The van der Waals surface area contributed by atoms with Gasteiger partial charge < -0.3 is 10.6 Å². The number of thiophene rings is 1. The van der Waals surface area contributed by atoms with Crippen molar-refractivity contribution in [3.05, 3.63) is 88.1 Å². The van der Waals surface area contributed by atoms with Crippen molar-refractivity contribution < 1.29 is 4.79 Å². The van der Waals surface area contributed by atoms with Gasteiger partial charge in [0.2, 0.25) is 0 Å². The Morgan fingerprint density at radius 2 is 1.78 bits per heavy atom. The summed E-state index contributed by atoms with van der Waals surface area (Å²) in [5, 5.41) is 16.1. The molecule has 0 aliphatic rings. The van der Waals surface area contributed by atoms with Gasteiger partial charge in [-0.1, -0.05) is 36.4 Å². The van der Waals surface area contributed by atoms with Gasteiger partial charge in [0.15, 0.2) is 0 Å². The zero-order chi connectivity index (χ0) is 22.7. The van der Waals surface area contributed by atoms with Crippen LogP contribution in [0.3, 0.4) is 0 Å². The normalized spacial score (nSPS) is 10.4. The van der Waals surface area contributed by atoms with Crippen LogP contribution in [-0.4, -0.2) is 15.9 Å². The molecule has 32 heavy (non-hydrogen) atoms. The number of nitriles is 1. The molecule has 2 aromatic heterocycles. The first-order valence-electron chi connectivity index (χ1n) is 10.0. The number of nitrogens with one attached hydrogen (secondary N) is 2. The molecule has 0 bridgehead atoms. The van der Waals surface area contributed by atoms with E-state index in [1.807, 2.05) is 63.2 Å². The molecule has 4 aromatic rings. The molecule has 0 aliphatic carbocycles. The molecule has 158 valence electrons. The molecule has 4 rings (SSSR count). The summed E-state index contributed by atoms with van der Waals surface area (Å²) in [5.41, 5.74) is 4.45. The molecule has 0 saturated carbocycles. The van der Waals surface area contributed by atoms with Gasteiger partial charge in [-0.3, -0.25) is 4.79 Å². The van der Waals surface area contributed by atoms with Crippen molar-refractivity contribution in [2.45, 2.75) is 20.8 Å². The molecule has 1 amide bonds. The topological polar surface area (TPSA) is 90.7 Å². The number of hydrogen-bond acceptors (Lipinski definition) is 6. The van der Waals surface area contributed by atoms with Crippen LogP contribution in [0, 0.1) is 32.1 Å². The van der Waals surface area contributed by atoms with E-state index in [-0.39, 0.29) is 5.91 Å². The van der Waals surface area contributed by atoms with E-state index in [0.29, 0.717) is 27.8 Å². The third kappa shape index (κ3) is 4.51. The highest BCUT2D eigenvalue weighted by atomic mass is 32.1. The van der Waals surface area contributed by atoms with E-state index >= 15 is 0 Å². The van der Waals surface area contributed by atoms with Gasteiger partial charge in [-0.2, -0.15) is 5.26 Å². The van der Waals surface area contributed by atoms with Crippen LogP contribution in [-0.2, 0) is 0 Å². The fraction of sp³-hybridized carbons (Fsp3) is 0.120. The highest BCUT2D eigenvalue weighted by Gasteiger charge is 2.16. The van der Waals surface area contributed by atoms with Crippen molar-refractivity contribution in [3.8, 4) is 17.3 Å². The number of hydrogen-bond donors (Lipinski definition) is 2. The Morgan fingerprint density at radius 3 is 2.53 bits per heavy atom. The van der Waals surface area contributed by atoms with E-state index < -0.39 is 0 Å². The monoisotopic (exact) mass is 439 g/mol. The number of nitrogens with zero attached hydrogens (tertiary/aromatic N) is 3. The molecule has 2 N–H and O–H groups in total. The number of rotatable bonds is 5. The van der Waals surface area contributed by atoms with Crippen molar-refractivity contribution in [1.82, 2.24) is 9.97 Å². The van der Waals surface area contributed by atoms with Gasteiger partial charge in [-0.05, 0) is 44.5 Å². The fourth-order valence-corrected chi connectivity index (χ4v) is 4.31. The van der Waals surface area contributed by atoms with E-state index in [0.717, 1.165) is 27.4 Å². The highest BCUT2D eigenvalue weighted by molar-refractivity contribution is 7.16. The minimum absolute atomic E-state index is 0.268. The number of aromatic nitrogens is 2. The minimum Gasteiger partial charge on any atom is -0.340 e. The van der Waals surface area contributed by atoms with Gasteiger partial charge in [0, 0.05) is 27.8 Å². The Hall–Kier alpha value is -4.02. The quantitative estimate of drug-likeness (QED) is 0.398. The first-order valence-corrected chi connectivity index (χ1v) is 10.9. The van der Waals surface area contributed by atoms with Gasteiger partial charge in [-0.25, -0.2) is 9.97 Å². The largest absolute Gasteiger partial charge is 0.340 e. The maximum atomic E-state index is 12.8. The Balaban J connectivity index is 1.57. The van der Waals surface area contributed by atoms with E-state index in [1.54, 1.807) is 18.2 Å². The van der Waals surface area contributed by atoms with E-state index in [9.17, 15) is 10.1 Å². The summed E-state index contributed by atoms with van der Waals surface area (Å²) in [5.74, 6) is 1.02. The smallest absolute Gasteiger partial charge is 0.256 e. The maximum Gasteiger partial charge on any atom is 0.256 e. The molecule has 0 atom stereocenters. The van der Waals surface area contributed by atoms with Crippen LogP contribution in [0.25, 0.3) is 11.3 Å². The summed E-state index contributed by atoms with van der Waals surface area (Å²) >= 11 is 1.41. The van der Waals surface area contributed by atoms with E-state index in [4.69, 9.17) is 0 Å². The van der Waals surface area contributed by atoms with E-state index in [1.165, 1.54) is 11.3 Å². The molecule has 0 fully saturated rings. The number of aryl methyl sites for hydroxylation is 2. The third-order valence-electron chi connectivity index (χ3n) is 5.03. The lowest BCUT2D eigenvalue weighted by Crippen LogP contribution is -2.12. The lowest BCUT2D eigenvalue weighted by molar-refractivity contribution is 0.102. The summed E-state index contributed by atoms with van der Waals surface area (Å²) in [7, 11) is 0. The lowest BCUT2D eigenvalue weighted by Gasteiger charge is -2.10. The van der Waals surface area contributed by atoms with Gasteiger partial charge in [-0.15, -0.1) is 11.3 Å². The van der Waals surface area contributed by atoms with Crippen molar-refractivity contribution in [2.75, 3.05) is 10.6 Å². The number of carbonyl (C=O) groups excluding carboxylic acids is 1. The summed E-state index contributed by atoms with van der Waals surface area (Å²) in [4.78, 5) is 22.8. The summed E-state index contributed by atoms with van der Waals surface area (Å²) < 4.78 is 0. The SMILES string of the molecule is Cc1nc(Nc2cccc(C(=O)Nc3sc(C)c(C)c3C#N)c2)cc(-c2ccccc2)n1. The van der Waals surface area contributed by atoms with Gasteiger partial charge >= 0.3 is 0 Å². The van der Waals surface area contributed by atoms with Crippen molar-refractivity contribution >= 4 is 33.8 Å². The van der Waals surface area contributed by atoms with Crippen molar-refractivity contribution in [3.63, 3.8) is 0 Å². The van der Waals surface area contributed by atoms with Crippen LogP contribution in [0.15, 0.2) is 60.7 Å². The fourth-order valence-electron chi connectivity index (χ4n) is 3.30. The zero-order valence-corrected chi connectivity index (χ0v) is 18.7. The third-order valence-corrected chi connectivity index (χ3v) is 6.15. The number of benzene rings is 2. The van der Waals surface area contributed by atoms with Crippen molar-refractivity contribution in [1.29, 1.82) is 5.26 Å². The lowest BCUT2D eigenvalue weighted by atomic mass is 10.1. The predicted molar refractivity (Wildman–Crippen MR) is 128 cm³/mol. The van der Waals surface area contributed by atoms with Gasteiger partial charge in [0.25, 0.3) is 5.91 Å². The molecule has 6 nitrogen and oxygen atoms in total. The Morgan fingerprint density at radius 1 is 1.00 bits per heavy atom. The highest BCUT2D eigenvalue weighted by Crippen LogP contribution is 2.32. The number of amides is 1. The number of carbonyl (C=O) groups is 1. The van der Waals surface area contributed by atoms with Crippen LogP contribution in [0.5, 0.6) is 0 Å². The second kappa shape index (κ2) is 9.00. The van der Waals surface area contributed by atoms with Crippen LogP contribution in [0.2, 0.25) is 0 Å². The first kappa shape index (κ1) is 21.2. The summed E-state index contributed by atoms with van der Waals surface area (Å²) in [6.07, 6.45) is 0. The Bertz CT molecular complexity index is 1340. The molecular formula is C25H21N5OS. The average Bonchev–Trinajstić information content (AvgIpc) is 3.06. The van der Waals surface area contributed by atoms with Gasteiger partial charge in [0.1, 0.15) is 22.7 Å². The van der Waals surface area contributed by atoms with Crippen LogP contribution in [0.4, 0.5) is 16.5 Å². The number of anilines is 3. The van der Waals surface area contributed by atoms with E-state index in [2.05, 4.69) is 26.7 Å².